The van der Waals surface area contributed by atoms with Gasteiger partial charge in [0, 0.05) is 24.1 Å². The summed E-state index contributed by atoms with van der Waals surface area (Å²) >= 11 is 0. The Morgan fingerprint density at radius 3 is 2.80 bits per heavy atom. The first-order valence-corrected chi connectivity index (χ1v) is 7.92. The van der Waals surface area contributed by atoms with Crippen LogP contribution in [0.5, 0.6) is 5.75 Å². The first-order chi connectivity index (χ1) is 9.48. The van der Waals surface area contributed by atoms with Gasteiger partial charge in [-0.1, -0.05) is 39.3 Å². The van der Waals surface area contributed by atoms with Crippen LogP contribution in [0.25, 0.3) is 0 Å². The van der Waals surface area contributed by atoms with Crippen LogP contribution < -0.4 is 10.1 Å². The standard InChI is InChI=1S/C18H27NO/c1-17(2)8-5-9-18(3,12-17)13-20-16-7-4-6-14-10-19-11-15(14)16/h4,6-7,19H,5,8-13H2,1-3H3. The summed E-state index contributed by atoms with van der Waals surface area (Å²) in [5.41, 5.74) is 3.57. The molecule has 2 nitrogen and oxygen atoms in total. The van der Waals surface area contributed by atoms with E-state index in [2.05, 4.69) is 44.3 Å². The number of rotatable bonds is 3. The van der Waals surface area contributed by atoms with E-state index in [1.165, 1.54) is 36.8 Å². The molecule has 0 saturated heterocycles. The lowest BCUT2D eigenvalue weighted by Crippen LogP contribution is -2.35. The molecule has 20 heavy (non-hydrogen) atoms. The van der Waals surface area contributed by atoms with Gasteiger partial charge in [-0.15, -0.1) is 0 Å². The van der Waals surface area contributed by atoms with Crippen molar-refractivity contribution in [1.29, 1.82) is 0 Å². The minimum atomic E-state index is 0.330. The third kappa shape index (κ3) is 2.85. The summed E-state index contributed by atoms with van der Waals surface area (Å²) in [4.78, 5) is 0. The summed E-state index contributed by atoms with van der Waals surface area (Å²) in [5, 5.41) is 3.41. The first-order valence-electron chi connectivity index (χ1n) is 7.92. The van der Waals surface area contributed by atoms with E-state index in [0.29, 0.717) is 10.8 Å². The van der Waals surface area contributed by atoms with Gasteiger partial charge in [0.05, 0.1) is 6.61 Å². The van der Waals surface area contributed by atoms with Crippen molar-refractivity contribution in [3.63, 3.8) is 0 Å². The zero-order valence-corrected chi connectivity index (χ0v) is 13.1. The molecule has 2 aliphatic rings. The van der Waals surface area contributed by atoms with Gasteiger partial charge in [0.25, 0.3) is 0 Å². The SMILES string of the molecule is CC1(C)CCCC(C)(COc2cccc3c2CNC3)C1. The maximum atomic E-state index is 6.24. The average Bonchev–Trinajstić information content (AvgIpc) is 2.83. The highest BCUT2D eigenvalue weighted by Gasteiger charge is 2.37. The van der Waals surface area contributed by atoms with E-state index in [1.54, 1.807) is 0 Å². The number of hydrogen-bond donors (Lipinski definition) is 1. The molecule has 2 heteroatoms. The zero-order valence-electron chi connectivity index (χ0n) is 13.1. The number of fused-ring (bicyclic) bond motifs is 1. The van der Waals surface area contributed by atoms with Gasteiger partial charge in [0.1, 0.15) is 5.75 Å². The quantitative estimate of drug-likeness (QED) is 0.887. The molecule has 1 heterocycles. The second-order valence-electron chi connectivity index (χ2n) is 7.79. The van der Waals surface area contributed by atoms with Gasteiger partial charge in [-0.05, 0) is 36.3 Å². The zero-order chi connectivity index (χ0) is 14.2. The van der Waals surface area contributed by atoms with Gasteiger partial charge < -0.3 is 10.1 Å². The molecule has 1 aliphatic heterocycles. The molecule has 1 aromatic rings. The fourth-order valence-corrected chi connectivity index (χ4v) is 4.14. The molecule has 0 bridgehead atoms. The molecule has 1 unspecified atom stereocenters. The Bertz CT molecular complexity index is 494. The molecule has 0 aromatic heterocycles. The Morgan fingerprint density at radius 2 is 2.00 bits per heavy atom. The lowest BCUT2D eigenvalue weighted by atomic mass is 9.65. The Labute approximate surface area is 122 Å². The highest BCUT2D eigenvalue weighted by molar-refractivity contribution is 5.42. The molecule has 0 radical (unpaired) electrons. The van der Waals surface area contributed by atoms with Crippen molar-refractivity contribution in [3.05, 3.63) is 29.3 Å². The average molecular weight is 273 g/mol. The van der Waals surface area contributed by atoms with E-state index in [-0.39, 0.29) is 0 Å². The predicted molar refractivity (Wildman–Crippen MR) is 82.8 cm³/mol. The summed E-state index contributed by atoms with van der Waals surface area (Å²) in [5.74, 6) is 1.09. The molecule has 1 fully saturated rings. The Hall–Kier alpha value is -1.02. The maximum Gasteiger partial charge on any atom is 0.124 e. The van der Waals surface area contributed by atoms with Crippen LogP contribution in [0.4, 0.5) is 0 Å². The van der Waals surface area contributed by atoms with Gasteiger partial charge in [0.2, 0.25) is 0 Å². The largest absolute Gasteiger partial charge is 0.493 e. The van der Waals surface area contributed by atoms with Crippen LogP contribution >= 0.6 is 0 Å². The van der Waals surface area contributed by atoms with Crippen molar-refractivity contribution in [2.75, 3.05) is 6.61 Å². The number of nitrogens with one attached hydrogen (secondary N) is 1. The van der Waals surface area contributed by atoms with E-state index in [9.17, 15) is 0 Å². The van der Waals surface area contributed by atoms with Gasteiger partial charge in [-0.25, -0.2) is 0 Å². The highest BCUT2D eigenvalue weighted by atomic mass is 16.5. The summed E-state index contributed by atoms with van der Waals surface area (Å²) in [7, 11) is 0. The van der Waals surface area contributed by atoms with E-state index in [0.717, 1.165) is 25.4 Å². The predicted octanol–water partition coefficient (Wildman–Crippen LogP) is 4.28. The Balaban J connectivity index is 1.69. The monoisotopic (exact) mass is 273 g/mol. The van der Waals surface area contributed by atoms with Crippen molar-refractivity contribution in [2.45, 2.75) is 59.5 Å². The minimum Gasteiger partial charge on any atom is -0.493 e. The maximum absolute atomic E-state index is 6.24. The van der Waals surface area contributed by atoms with Crippen LogP contribution in [0.1, 0.15) is 57.6 Å². The fraction of sp³-hybridized carbons (Fsp3) is 0.667. The molecular weight excluding hydrogens is 246 g/mol. The topological polar surface area (TPSA) is 21.3 Å². The second-order valence-corrected chi connectivity index (χ2v) is 7.79. The van der Waals surface area contributed by atoms with Gasteiger partial charge >= 0.3 is 0 Å². The summed E-state index contributed by atoms with van der Waals surface area (Å²) in [6.45, 7) is 9.98. The lowest BCUT2D eigenvalue weighted by molar-refractivity contribution is 0.0502. The van der Waals surface area contributed by atoms with Gasteiger partial charge in [0.15, 0.2) is 0 Å². The lowest BCUT2D eigenvalue weighted by Gasteiger charge is -2.42. The van der Waals surface area contributed by atoms with Crippen molar-refractivity contribution in [2.24, 2.45) is 10.8 Å². The van der Waals surface area contributed by atoms with Crippen LogP contribution in [-0.2, 0) is 13.1 Å². The van der Waals surface area contributed by atoms with Crippen molar-refractivity contribution < 1.29 is 4.74 Å². The molecule has 1 atom stereocenters. The molecule has 0 spiro atoms. The third-order valence-electron chi connectivity index (χ3n) is 4.96. The molecule has 0 amide bonds. The number of benzene rings is 1. The molecule has 110 valence electrons. The summed E-state index contributed by atoms with van der Waals surface area (Å²) in [6, 6.07) is 6.45. The third-order valence-corrected chi connectivity index (χ3v) is 4.96. The van der Waals surface area contributed by atoms with Crippen LogP contribution in [0.3, 0.4) is 0 Å². The van der Waals surface area contributed by atoms with Crippen molar-refractivity contribution >= 4 is 0 Å². The Kier molecular flexibility index (Phi) is 3.53. The highest BCUT2D eigenvalue weighted by Crippen LogP contribution is 2.46. The molecule has 3 rings (SSSR count). The van der Waals surface area contributed by atoms with Crippen LogP contribution in [0.15, 0.2) is 18.2 Å². The van der Waals surface area contributed by atoms with Gasteiger partial charge in [-0.3, -0.25) is 0 Å². The molecule has 1 aromatic carbocycles. The first kappa shape index (κ1) is 13.9. The number of ether oxygens (including phenoxy) is 1. The van der Waals surface area contributed by atoms with Crippen LogP contribution in [-0.4, -0.2) is 6.61 Å². The smallest absolute Gasteiger partial charge is 0.124 e. The molecular formula is C18H27NO. The van der Waals surface area contributed by atoms with E-state index in [4.69, 9.17) is 4.74 Å². The van der Waals surface area contributed by atoms with Crippen LogP contribution in [0.2, 0.25) is 0 Å². The van der Waals surface area contributed by atoms with Gasteiger partial charge in [-0.2, -0.15) is 0 Å². The van der Waals surface area contributed by atoms with Crippen LogP contribution in [0, 0.1) is 10.8 Å². The number of hydrogen-bond acceptors (Lipinski definition) is 2. The minimum absolute atomic E-state index is 0.330. The van der Waals surface area contributed by atoms with E-state index in [1.807, 2.05) is 0 Å². The molecule has 1 aliphatic carbocycles. The fourth-order valence-electron chi connectivity index (χ4n) is 4.14. The van der Waals surface area contributed by atoms with E-state index < -0.39 is 0 Å². The normalized spacial score (nSPS) is 28.1. The Morgan fingerprint density at radius 1 is 1.15 bits per heavy atom. The molecule has 1 saturated carbocycles. The van der Waals surface area contributed by atoms with Crippen molar-refractivity contribution in [3.8, 4) is 5.75 Å². The summed E-state index contributed by atoms with van der Waals surface area (Å²) in [6.07, 6.45) is 5.26. The second kappa shape index (κ2) is 5.07. The van der Waals surface area contributed by atoms with Crippen molar-refractivity contribution in [1.82, 2.24) is 5.32 Å². The molecule has 1 N–H and O–H groups in total. The van der Waals surface area contributed by atoms with E-state index >= 15 is 0 Å². The summed E-state index contributed by atoms with van der Waals surface area (Å²) < 4.78 is 6.24.